The first-order valence-electron chi connectivity index (χ1n) is 5.90. The molecule has 0 aromatic carbocycles. The highest BCUT2D eigenvalue weighted by Gasteiger charge is 2.43. The standard InChI is InChI=1S/C13H20N2O2/c1-9-8-16-13(4,17-12(9,2)3)10-5-6-11(14)15-7-10/h5-7,9H,8H2,1-4H3,(H2,14,15). The quantitative estimate of drug-likeness (QED) is 0.812. The van der Waals surface area contributed by atoms with E-state index < -0.39 is 5.79 Å². The summed E-state index contributed by atoms with van der Waals surface area (Å²) in [7, 11) is 0. The van der Waals surface area contributed by atoms with Crippen LogP contribution in [0.2, 0.25) is 0 Å². The summed E-state index contributed by atoms with van der Waals surface area (Å²) >= 11 is 0. The van der Waals surface area contributed by atoms with E-state index in [0.717, 1.165) is 5.56 Å². The molecule has 1 aliphatic rings. The zero-order valence-corrected chi connectivity index (χ0v) is 10.9. The number of nitrogens with two attached hydrogens (primary N) is 1. The number of hydrogen-bond acceptors (Lipinski definition) is 4. The molecule has 0 saturated carbocycles. The van der Waals surface area contributed by atoms with Crippen molar-refractivity contribution in [2.75, 3.05) is 12.3 Å². The molecule has 2 rings (SSSR count). The molecule has 1 aromatic rings. The van der Waals surface area contributed by atoms with Crippen molar-refractivity contribution in [2.45, 2.75) is 39.1 Å². The van der Waals surface area contributed by atoms with Gasteiger partial charge < -0.3 is 15.2 Å². The summed E-state index contributed by atoms with van der Waals surface area (Å²) in [6.45, 7) is 8.90. The molecule has 0 aliphatic carbocycles. The smallest absolute Gasteiger partial charge is 0.194 e. The van der Waals surface area contributed by atoms with Crippen molar-refractivity contribution in [1.82, 2.24) is 4.98 Å². The first-order valence-corrected chi connectivity index (χ1v) is 5.90. The van der Waals surface area contributed by atoms with Gasteiger partial charge in [0.2, 0.25) is 0 Å². The van der Waals surface area contributed by atoms with Crippen LogP contribution in [0.5, 0.6) is 0 Å². The Hall–Kier alpha value is -1.13. The molecule has 0 radical (unpaired) electrons. The van der Waals surface area contributed by atoms with Crippen LogP contribution < -0.4 is 5.73 Å². The summed E-state index contributed by atoms with van der Waals surface area (Å²) in [5.41, 5.74) is 6.26. The molecule has 0 amide bonds. The molecule has 2 heterocycles. The lowest BCUT2D eigenvalue weighted by atomic mass is 9.90. The van der Waals surface area contributed by atoms with Crippen LogP contribution in [0.1, 0.15) is 33.3 Å². The average molecular weight is 236 g/mol. The fourth-order valence-electron chi connectivity index (χ4n) is 1.93. The monoisotopic (exact) mass is 236 g/mol. The minimum Gasteiger partial charge on any atom is -0.384 e. The van der Waals surface area contributed by atoms with Crippen molar-refractivity contribution in [3.05, 3.63) is 23.9 Å². The second kappa shape index (κ2) is 3.96. The number of anilines is 1. The van der Waals surface area contributed by atoms with E-state index in [-0.39, 0.29) is 5.60 Å². The number of aromatic nitrogens is 1. The lowest BCUT2D eigenvalue weighted by Gasteiger charge is -2.46. The Labute approximate surface area is 102 Å². The third-order valence-electron chi connectivity index (χ3n) is 3.56. The number of rotatable bonds is 1. The van der Waals surface area contributed by atoms with Crippen LogP contribution in [0.3, 0.4) is 0 Å². The van der Waals surface area contributed by atoms with Crippen molar-refractivity contribution in [3.63, 3.8) is 0 Å². The van der Waals surface area contributed by atoms with E-state index in [4.69, 9.17) is 15.2 Å². The van der Waals surface area contributed by atoms with E-state index in [9.17, 15) is 0 Å². The van der Waals surface area contributed by atoms with Gasteiger partial charge in [-0.3, -0.25) is 0 Å². The van der Waals surface area contributed by atoms with Gasteiger partial charge in [0.1, 0.15) is 5.82 Å². The number of ether oxygens (including phenoxy) is 2. The summed E-state index contributed by atoms with van der Waals surface area (Å²) in [5.74, 6) is 0.120. The molecule has 2 atom stereocenters. The van der Waals surface area contributed by atoms with Crippen LogP contribution in [-0.2, 0) is 15.3 Å². The number of pyridine rings is 1. The van der Waals surface area contributed by atoms with Crippen molar-refractivity contribution < 1.29 is 9.47 Å². The van der Waals surface area contributed by atoms with Crippen LogP contribution in [0.4, 0.5) is 5.82 Å². The molecule has 2 N–H and O–H groups in total. The Morgan fingerprint density at radius 3 is 2.59 bits per heavy atom. The summed E-state index contributed by atoms with van der Waals surface area (Å²) in [4.78, 5) is 4.08. The molecular weight excluding hydrogens is 216 g/mol. The fourth-order valence-corrected chi connectivity index (χ4v) is 1.93. The summed E-state index contributed by atoms with van der Waals surface area (Å²) in [5, 5.41) is 0. The molecule has 94 valence electrons. The van der Waals surface area contributed by atoms with Crippen molar-refractivity contribution in [3.8, 4) is 0 Å². The van der Waals surface area contributed by atoms with Gasteiger partial charge in [-0.2, -0.15) is 0 Å². The number of nitrogens with zero attached hydrogens (tertiary/aromatic N) is 1. The van der Waals surface area contributed by atoms with Crippen LogP contribution >= 0.6 is 0 Å². The highest BCUT2D eigenvalue weighted by molar-refractivity contribution is 5.31. The van der Waals surface area contributed by atoms with Crippen LogP contribution in [0.15, 0.2) is 18.3 Å². The van der Waals surface area contributed by atoms with Crippen molar-refractivity contribution in [2.24, 2.45) is 5.92 Å². The molecule has 1 aromatic heterocycles. The number of hydrogen-bond donors (Lipinski definition) is 1. The molecule has 1 fully saturated rings. The van der Waals surface area contributed by atoms with E-state index in [0.29, 0.717) is 18.3 Å². The van der Waals surface area contributed by atoms with E-state index in [1.54, 1.807) is 12.3 Å². The first-order chi connectivity index (χ1) is 7.83. The Bertz CT molecular complexity index is 402. The van der Waals surface area contributed by atoms with Gasteiger partial charge in [-0.1, -0.05) is 6.92 Å². The van der Waals surface area contributed by atoms with E-state index >= 15 is 0 Å². The molecule has 0 spiro atoms. The SMILES string of the molecule is CC1COC(C)(c2ccc(N)nc2)OC1(C)C. The molecule has 2 unspecified atom stereocenters. The van der Waals surface area contributed by atoms with Gasteiger partial charge in [0.05, 0.1) is 12.2 Å². The van der Waals surface area contributed by atoms with Gasteiger partial charge in [0, 0.05) is 17.7 Å². The van der Waals surface area contributed by atoms with E-state index in [1.807, 2.05) is 13.0 Å². The summed E-state index contributed by atoms with van der Waals surface area (Å²) in [6, 6.07) is 3.66. The molecule has 4 heteroatoms. The normalized spacial score (nSPS) is 32.4. The highest BCUT2D eigenvalue weighted by Crippen LogP contribution is 2.39. The summed E-state index contributed by atoms with van der Waals surface area (Å²) in [6.07, 6.45) is 1.71. The van der Waals surface area contributed by atoms with E-state index in [2.05, 4.69) is 25.8 Å². The van der Waals surface area contributed by atoms with Crippen molar-refractivity contribution in [1.29, 1.82) is 0 Å². The van der Waals surface area contributed by atoms with Crippen LogP contribution in [0, 0.1) is 5.92 Å². The lowest BCUT2D eigenvalue weighted by molar-refractivity contribution is -0.337. The minimum atomic E-state index is -0.739. The zero-order valence-electron chi connectivity index (χ0n) is 10.9. The second-order valence-corrected chi connectivity index (χ2v) is 5.34. The predicted molar refractivity (Wildman–Crippen MR) is 66.3 cm³/mol. The first kappa shape index (κ1) is 12.3. The maximum atomic E-state index is 6.10. The molecule has 0 bridgehead atoms. The van der Waals surface area contributed by atoms with Crippen molar-refractivity contribution >= 4 is 5.82 Å². The summed E-state index contributed by atoms with van der Waals surface area (Å²) < 4.78 is 11.9. The van der Waals surface area contributed by atoms with Crippen LogP contribution in [-0.4, -0.2) is 17.2 Å². The average Bonchev–Trinajstić information content (AvgIpc) is 2.24. The van der Waals surface area contributed by atoms with Gasteiger partial charge >= 0.3 is 0 Å². The maximum Gasteiger partial charge on any atom is 0.194 e. The predicted octanol–water partition coefficient (Wildman–Crippen LogP) is 2.30. The van der Waals surface area contributed by atoms with Gasteiger partial charge in [-0.15, -0.1) is 0 Å². The highest BCUT2D eigenvalue weighted by atomic mass is 16.7. The van der Waals surface area contributed by atoms with Crippen LogP contribution in [0.25, 0.3) is 0 Å². The molecular formula is C13H20N2O2. The maximum absolute atomic E-state index is 6.10. The molecule has 1 aliphatic heterocycles. The lowest BCUT2D eigenvalue weighted by Crippen LogP contribution is -2.50. The molecule has 1 saturated heterocycles. The minimum absolute atomic E-state index is 0.214. The van der Waals surface area contributed by atoms with Gasteiger partial charge in [0.25, 0.3) is 0 Å². The van der Waals surface area contributed by atoms with E-state index in [1.165, 1.54) is 0 Å². The molecule has 4 nitrogen and oxygen atoms in total. The third kappa shape index (κ3) is 2.28. The van der Waals surface area contributed by atoms with Gasteiger partial charge in [0.15, 0.2) is 5.79 Å². The third-order valence-corrected chi connectivity index (χ3v) is 3.56. The molecule has 17 heavy (non-hydrogen) atoms. The van der Waals surface area contributed by atoms with Gasteiger partial charge in [-0.25, -0.2) is 4.98 Å². The fraction of sp³-hybridized carbons (Fsp3) is 0.615. The number of nitrogen functional groups attached to an aromatic ring is 1. The zero-order chi connectivity index (χ0) is 12.7. The Balaban J connectivity index is 2.28. The Morgan fingerprint density at radius 1 is 1.35 bits per heavy atom. The Morgan fingerprint density at radius 2 is 2.06 bits per heavy atom. The topological polar surface area (TPSA) is 57.4 Å². The van der Waals surface area contributed by atoms with Gasteiger partial charge in [-0.05, 0) is 32.9 Å². The largest absolute Gasteiger partial charge is 0.384 e. The second-order valence-electron chi connectivity index (χ2n) is 5.34. The Kier molecular flexibility index (Phi) is 2.87.